The summed E-state index contributed by atoms with van der Waals surface area (Å²) in [6, 6.07) is 11.5. The number of hydrogen-bond donors (Lipinski definition) is 1. The normalized spacial score (nSPS) is 15.3. The van der Waals surface area contributed by atoms with Crippen molar-refractivity contribution in [2.75, 3.05) is 20.1 Å². The van der Waals surface area contributed by atoms with Gasteiger partial charge in [0, 0.05) is 36.0 Å². The second-order valence-electron chi connectivity index (χ2n) is 5.85. The quantitative estimate of drug-likeness (QED) is 0.905. The van der Waals surface area contributed by atoms with Crippen LogP contribution in [0.3, 0.4) is 0 Å². The fourth-order valence-electron chi connectivity index (χ4n) is 2.93. The molecule has 4 nitrogen and oxygen atoms in total. The molecule has 0 radical (unpaired) electrons. The minimum absolute atomic E-state index is 0.0204. The van der Waals surface area contributed by atoms with E-state index in [1.54, 1.807) is 7.05 Å². The Kier molecular flexibility index (Phi) is 5.21. The molecule has 2 aromatic rings. The van der Waals surface area contributed by atoms with Crippen LogP contribution in [0.25, 0.3) is 10.4 Å². The highest BCUT2D eigenvalue weighted by Gasteiger charge is 2.27. The number of thiophene rings is 1. The van der Waals surface area contributed by atoms with Gasteiger partial charge in [0.05, 0.1) is 4.88 Å². The smallest absolute Gasteiger partial charge is 0.263 e. The van der Waals surface area contributed by atoms with Gasteiger partial charge in [-0.15, -0.1) is 11.3 Å². The number of benzene rings is 1. The van der Waals surface area contributed by atoms with E-state index in [1.165, 1.54) is 11.3 Å². The van der Waals surface area contributed by atoms with Gasteiger partial charge in [0.1, 0.15) is 0 Å². The SMILES string of the molecule is CNC(=O)C1CCN(C(=O)c2ccc(-c3ccc(Cl)cc3)s2)CC1. The molecule has 24 heavy (non-hydrogen) atoms. The van der Waals surface area contributed by atoms with Crippen molar-refractivity contribution in [2.24, 2.45) is 5.92 Å². The third-order valence-corrected chi connectivity index (χ3v) is 5.72. The van der Waals surface area contributed by atoms with E-state index in [2.05, 4.69) is 5.32 Å². The zero-order valence-electron chi connectivity index (χ0n) is 13.4. The number of amides is 2. The Morgan fingerprint density at radius 3 is 2.42 bits per heavy atom. The Morgan fingerprint density at radius 1 is 1.12 bits per heavy atom. The maximum Gasteiger partial charge on any atom is 0.263 e. The number of nitrogens with one attached hydrogen (secondary N) is 1. The number of piperidine rings is 1. The first-order valence-electron chi connectivity index (χ1n) is 7.95. The van der Waals surface area contributed by atoms with Crippen LogP contribution in [0.2, 0.25) is 5.02 Å². The lowest BCUT2D eigenvalue weighted by molar-refractivity contribution is -0.125. The molecule has 1 aliphatic heterocycles. The van der Waals surface area contributed by atoms with Gasteiger partial charge < -0.3 is 10.2 Å². The molecule has 1 fully saturated rings. The average Bonchev–Trinajstić information content (AvgIpc) is 3.11. The van der Waals surface area contributed by atoms with Gasteiger partial charge in [0.2, 0.25) is 5.91 Å². The van der Waals surface area contributed by atoms with E-state index in [0.717, 1.165) is 28.2 Å². The Morgan fingerprint density at radius 2 is 1.79 bits per heavy atom. The molecule has 0 saturated carbocycles. The van der Waals surface area contributed by atoms with Gasteiger partial charge in [-0.2, -0.15) is 0 Å². The fourth-order valence-corrected chi connectivity index (χ4v) is 4.03. The maximum atomic E-state index is 12.7. The van der Waals surface area contributed by atoms with Crippen LogP contribution < -0.4 is 5.32 Å². The Hall–Kier alpha value is -1.85. The van der Waals surface area contributed by atoms with Crippen LogP contribution in [0.5, 0.6) is 0 Å². The summed E-state index contributed by atoms with van der Waals surface area (Å²) in [6.07, 6.45) is 1.45. The number of carbonyl (C=O) groups is 2. The van der Waals surface area contributed by atoms with E-state index < -0.39 is 0 Å². The summed E-state index contributed by atoms with van der Waals surface area (Å²) in [5.41, 5.74) is 1.06. The molecule has 1 aromatic heterocycles. The van der Waals surface area contributed by atoms with Crippen LogP contribution in [0, 0.1) is 5.92 Å². The second-order valence-corrected chi connectivity index (χ2v) is 7.37. The largest absolute Gasteiger partial charge is 0.359 e. The van der Waals surface area contributed by atoms with Crippen LogP contribution in [0.4, 0.5) is 0 Å². The van der Waals surface area contributed by atoms with Crippen molar-refractivity contribution in [1.82, 2.24) is 10.2 Å². The Labute approximate surface area is 150 Å². The molecular weight excluding hydrogens is 344 g/mol. The zero-order valence-corrected chi connectivity index (χ0v) is 15.0. The second kappa shape index (κ2) is 7.36. The molecule has 1 N–H and O–H groups in total. The predicted octanol–water partition coefficient (Wildman–Crippen LogP) is 3.67. The summed E-state index contributed by atoms with van der Waals surface area (Å²) in [7, 11) is 1.66. The molecule has 0 bridgehead atoms. The summed E-state index contributed by atoms with van der Waals surface area (Å²) in [6.45, 7) is 1.26. The molecule has 0 aliphatic carbocycles. The predicted molar refractivity (Wildman–Crippen MR) is 97.5 cm³/mol. The summed E-state index contributed by atoms with van der Waals surface area (Å²) in [4.78, 5) is 28.0. The molecule has 1 saturated heterocycles. The number of carbonyl (C=O) groups excluding carboxylic acids is 2. The van der Waals surface area contributed by atoms with Gasteiger partial charge in [-0.05, 0) is 42.7 Å². The molecule has 0 atom stereocenters. The third-order valence-electron chi connectivity index (χ3n) is 4.34. The minimum atomic E-state index is 0.0204. The van der Waals surface area contributed by atoms with Crippen molar-refractivity contribution in [2.45, 2.75) is 12.8 Å². The molecule has 0 unspecified atom stereocenters. The zero-order chi connectivity index (χ0) is 17.1. The van der Waals surface area contributed by atoms with E-state index in [4.69, 9.17) is 11.6 Å². The van der Waals surface area contributed by atoms with E-state index >= 15 is 0 Å². The van der Waals surface area contributed by atoms with Gasteiger partial charge in [0.25, 0.3) is 5.91 Å². The fraction of sp³-hybridized carbons (Fsp3) is 0.333. The lowest BCUT2D eigenvalue weighted by atomic mass is 9.96. The van der Waals surface area contributed by atoms with E-state index in [9.17, 15) is 9.59 Å². The van der Waals surface area contributed by atoms with Crippen molar-refractivity contribution in [3.8, 4) is 10.4 Å². The highest BCUT2D eigenvalue weighted by atomic mass is 35.5. The first kappa shape index (κ1) is 17.0. The summed E-state index contributed by atoms with van der Waals surface area (Å²) >= 11 is 7.41. The summed E-state index contributed by atoms with van der Waals surface area (Å²) < 4.78 is 0. The molecule has 2 heterocycles. The lowest BCUT2D eigenvalue weighted by Gasteiger charge is -2.30. The van der Waals surface area contributed by atoms with Crippen molar-refractivity contribution in [1.29, 1.82) is 0 Å². The first-order valence-corrected chi connectivity index (χ1v) is 9.14. The highest BCUT2D eigenvalue weighted by Crippen LogP contribution is 2.30. The summed E-state index contributed by atoms with van der Waals surface area (Å²) in [5.74, 6) is 0.144. The van der Waals surface area contributed by atoms with Gasteiger partial charge >= 0.3 is 0 Å². The van der Waals surface area contributed by atoms with Crippen molar-refractivity contribution < 1.29 is 9.59 Å². The first-order chi connectivity index (χ1) is 11.6. The van der Waals surface area contributed by atoms with Crippen LogP contribution in [0.15, 0.2) is 36.4 Å². The number of hydrogen-bond acceptors (Lipinski definition) is 3. The Bertz CT molecular complexity index is 734. The molecule has 1 aliphatic rings. The van der Waals surface area contributed by atoms with Crippen molar-refractivity contribution in [3.63, 3.8) is 0 Å². The average molecular weight is 363 g/mol. The standard InChI is InChI=1S/C18H19ClN2O2S/c1-20-17(22)13-8-10-21(11-9-13)18(23)16-7-6-15(24-16)12-2-4-14(19)5-3-12/h2-7,13H,8-11H2,1H3,(H,20,22). The summed E-state index contributed by atoms with van der Waals surface area (Å²) in [5, 5.41) is 3.39. The number of rotatable bonds is 3. The molecule has 0 spiro atoms. The molecule has 6 heteroatoms. The lowest BCUT2D eigenvalue weighted by Crippen LogP contribution is -2.42. The van der Waals surface area contributed by atoms with Crippen molar-refractivity contribution >= 4 is 34.8 Å². The maximum absolute atomic E-state index is 12.7. The minimum Gasteiger partial charge on any atom is -0.359 e. The van der Waals surface area contributed by atoms with E-state index in [0.29, 0.717) is 18.1 Å². The van der Waals surface area contributed by atoms with Crippen LogP contribution in [-0.4, -0.2) is 36.9 Å². The Balaban J connectivity index is 1.66. The van der Waals surface area contributed by atoms with Gasteiger partial charge in [-0.1, -0.05) is 23.7 Å². The molecular formula is C18H19ClN2O2S. The van der Waals surface area contributed by atoms with Crippen molar-refractivity contribution in [3.05, 3.63) is 46.3 Å². The van der Waals surface area contributed by atoms with Gasteiger partial charge in [-0.3, -0.25) is 9.59 Å². The third kappa shape index (κ3) is 3.62. The molecule has 1 aromatic carbocycles. The van der Waals surface area contributed by atoms with Gasteiger partial charge in [-0.25, -0.2) is 0 Å². The number of halogens is 1. The van der Waals surface area contributed by atoms with Crippen LogP contribution in [-0.2, 0) is 4.79 Å². The van der Waals surface area contributed by atoms with E-state index in [-0.39, 0.29) is 17.7 Å². The molecule has 2 amide bonds. The van der Waals surface area contributed by atoms with Gasteiger partial charge in [0.15, 0.2) is 0 Å². The van der Waals surface area contributed by atoms with E-state index in [1.807, 2.05) is 41.3 Å². The highest BCUT2D eigenvalue weighted by molar-refractivity contribution is 7.17. The molecule has 126 valence electrons. The van der Waals surface area contributed by atoms with Crippen LogP contribution in [0.1, 0.15) is 22.5 Å². The molecule has 3 rings (SSSR count). The topological polar surface area (TPSA) is 49.4 Å². The number of nitrogens with zero attached hydrogens (tertiary/aromatic N) is 1. The number of likely N-dealkylation sites (tertiary alicyclic amines) is 1. The monoisotopic (exact) mass is 362 g/mol. The van der Waals surface area contributed by atoms with Crippen LogP contribution >= 0.6 is 22.9 Å².